The minimum atomic E-state index is 0.0678. The molecule has 0 N–H and O–H groups in total. The molecule has 0 spiro atoms. The summed E-state index contributed by atoms with van der Waals surface area (Å²) in [4.78, 5) is 18.2. The number of piperazine rings is 1. The van der Waals surface area contributed by atoms with Crippen molar-refractivity contribution in [3.05, 3.63) is 76.8 Å². The number of rotatable bonds is 5. The number of carbonyl (C=O) groups is 1. The van der Waals surface area contributed by atoms with Crippen LogP contribution in [-0.2, 0) is 11.3 Å². The van der Waals surface area contributed by atoms with Crippen LogP contribution in [0.2, 0.25) is 0 Å². The van der Waals surface area contributed by atoms with Gasteiger partial charge in [0.25, 0.3) is 0 Å². The lowest BCUT2D eigenvalue weighted by Crippen LogP contribution is -2.47. The predicted molar refractivity (Wildman–Crippen MR) is 109 cm³/mol. The summed E-state index contributed by atoms with van der Waals surface area (Å²) >= 11 is 1.79. The van der Waals surface area contributed by atoms with Crippen LogP contribution < -0.4 is 0 Å². The summed E-state index contributed by atoms with van der Waals surface area (Å²) in [7, 11) is 0. The second kappa shape index (κ2) is 8.33. The number of para-hydroxylation sites is 1. The van der Waals surface area contributed by atoms with Crippen molar-refractivity contribution in [1.82, 2.24) is 19.6 Å². The zero-order chi connectivity index (χ0) is 18.5. The van der Waals surface area contributed by atoms with Crippen LogP contribution >= 0.6 is 11.3 Å². The third-order valence-corrected chi connectivity index (χ3v) is 5.55. The van der Waals surface area contributed by atoms with Crippen molar-refractivity contribution >= 4 is 23.3 Å². The second-order valence-corrected chi connectivity index (χ2v) is 7.60. The van der Waals surface area contributed by atoms with Gasteiger partial charge in [0.1, 0.15) is 0 Å². The Bertz CT molecular complexity index is 893. The molecule has 3 aromatic rings. The number of hydrogen-bond donors (Lipinski definition) is 0. The van der Waals surface area contributed by atoms with Crippen molar-refractivity contribution in [1.29, 1.82) is 0 Å². The molecule has 1 saturated heterocycles. The van der Waals surface area contributed by atoms with Crippen LogP contribution in [0.15, 0.2) is 66.3 Å². The van der Waals surface area contributed by atoms with Crippen molar-refractivity contribution in [3.63, 3.8) is 0 Å². The molecule has 1 amide bonds. The molecule has 0 bridgehead atoms. The van der Waals surface area contributed by atoms with Crippen LogP contribution in [0.1, 0.15) is 10.4 Å². The summed E-state index contributed by atoms with van der Waals surface area (Å²) in [6.45, 7) is 4.37. The summed E-state index contributed by atoms with van der Waals surface area (Å²) in [5.74, 6) is 0.0678. The first-order valence-corrected chi connectivity index (χ1v) is 9.98. The van der Waals surface area contributed by atoms with E-state index >= 15 is 0 Å². The van der Waals surface area contributed by atoms with Gasteiger partial charge < -0.3 is 4.90 Å². The van der Waals surface area contributed by atoms with E-state index in [1.165, 1.54) is 4.88 Å². The van der Waals surface area contributed by atoms with Gasteiger partial charge in [-0.05, 0) is 29.7 Å². The molecule has 138 valence electrons. The molecule has 0 unspecified atom stereocenters. The lowest BCUT2D eigenvalue weighted by atomic mass is 10.2. The summed E-state index contributed by atoms with van der Waals surface area (Å²) < 4.78 is 1.81. The van der Waals surface area contributed by atoms with Gasteiger partial charge in [-0.2, -0.15) is 5.10 Å². The Balaban J connectivity index is 1.30. The molecule has 1 aliphatic heterocycles. The summed E-state index contributed by atoms with van der Waals surface area (Å²) in [6, 6.07) is 14.2. The lowest BCUT2D eigenvalue weighted by molar-refractivity contribution is -0.127. The average molecular weight is 379 g/mol. The van der Waals surface area contributed by atoms with E-state index in [4.69, 9.17) is 0 Å². The van der Waals surface area contributed by atoms with Crippen LogP contribution in [0.25, 0.3) is 11.8 Å². The predicted octanol–water partition coefficient (Wildman–Crippen LogP) is 3.29. The van der Waals surface area contributed by atoms with Crippen molar-refractivity contribution in [2.45, 2.75) is 6.54 Å². The highest BCUT2D eigenvalue weighted by Gasteiger charge is 2.19. The van der Waals surface area contributed by atoms with Crippen LogP contribution in [0.3, 0.4) is 0 Å². The summed E-state index contributed by atoms with van der Waals surface area (Å²) in [6.07, 6.45) is 7.20. The largest absolute Gasteiger partial charge is 0.337 e. The van der Waals surface area contributed by atoms with E-state index in [1.54, 1.807) is 23.6 Å². The van der Waals surface area contributed by atoms with Crippen molar-refractivity contribution < 1.29 is 4.79 Å². The van der Waals surface area contributed by atoms with Crippen molar-refractivity contribution in [2.24, 2.45) is 0 Å². The van der Waals surface area contributed by atoms with Crippen LogP contribution in [0.4, 0.5) is 0 Å². The summed E-state index contributed by atoms with van der Waals surface area (Å²) in [5.41, 5.74) is 1.92. The second-order valence-electron chi connectivity index (χ2n) is 6.57. The van der Waals surface area contributed by atoms with E-state index in [-0.39, 0.29) is 5.91 Å². The number of aromatic nitrogens is 2. The Hall–Kier alpha value is -2.70. The van der Waals surface area contributed by atoms with Crippen molar-refractivity contribution in [3.8, 4) is 5.69 Å². The number of thiophene rings is 1. The van der Waals surface area contributed by atoms with Gasteiger partial charge in [-0.3, -0.25) is 9.69 Å². The number of benzene rings is 1. The minimum absolute atomic E-state index is 0.0678. The van der Waals surface area contributed by atoms with Gasteiger partial charge >= 0.3 is 0 Å². The number of nitrogens with zero attached hydrogens (tertiary/aromatic N) is 4. The molecular weight excluding hydrogens is 356 g/mol. The zero-order valence-corrected chi connectivity index (χ0v) is 15.9. The molecule has 0 saturated carbocycles. The molecule has 0 radical (unpaired) electrons. The molecule has 3 heterocycles. The first-order chi connectivity index (χ1) is 13.3. The highest BCUT2D eigenvalue weighted by atomic mass is 32.1. The Kier molecular flexibility index (Phi) is 5.46. The first kappa shape index (κ1) is 17.7. The van der Waals surface area contributed by atoms with E-state index in [9.17, 15) is 4.79 Å². The number of hydrogen-bond acceptors (Lipinski definition) is 4. The highest BCUT2D eigenvalue weighted by molar-refractivity contribution is 7.09. The monoisotopic (exact) mass is 378 g/mol. The molecule has 0 atom stereocenters. The fourth-order valence-corrected chi connectivity index (χ4v) is 3.91. The Morgan fingerprint density at radius 2 is 1.89 bits per heavy atom. The highest BCUT2D eigenvalue weighted by Crippen LogP contribution is 2.14. The molecule has 0 aliphatic carbocycles. The maximum Gasteiger partial charge on any atom is 0.246 e. The zero-order valence-electron chi connectivity index (χ0n) is 15.1. The lowest BCUT2D eigenvalue weighted by Gasteiger charge is -2.33. The van der Waals surface area contributed by atoms with E-state index in [0.29, 0.717) is 0 Å². The molecule has 6 heteroatoms. The van der Waals surface area contributed by atoms with E-state index in [0.717, 1.165) is 44.0 Å². The van der Waals surface area contributed by atoms with Crippen LogP contribution in [0, 0.1) is 0 Å². The van der Waals surface area contributed by atoms with Crippen molar-refractivity contribution in [2.75, 3.05) is 26.2 Å². The number of carbonyl (C=O) groups excluding carboxylic acids is 1. The molecule has 2 aromatic heterocycles. The third-order valence-electron chi connectivity index (χ3n) is 4.69. The molecule has 4 rings (SSSR count). The van der Waals surface area contributed by atoms with Crippen LogP contribution in [0.5, 0.6) is 0 Å². The topological polar surface area (TPSA) is 41.4 Å². The molecular formula is C21H22N4OS. The SMILES string of the molecule is O=C(/C=C/c1cnn(-c2ccccc2)c1)N1CCN(Cc2cccs2)CC1. The molecule has 1 aliphatic rings. The molecule has 27 heavy (non-hydrogen) atoms. The minimum Gasteiger partial charge on any atom is -0.337 e. The van der Waals surface area contributed by atoms with E-state index in [2.05, 4.69) is 27.5 Å². The van der Waals surface area contributed by atoms with Crippen LogP contribution in [-0.4, -0.2) is 51.7 Å². The first-order valence-electron chi connectivity index (χ1n) is 9.10. The summed E-state index contributed by atoms with van der Waals surface area (Å²) in [5, 5.41) is 6.47. The van der Waals surface area contributed by atoms with Gasteiger partial charge in [0.2, 0.25) is 5.91 Å². The Morgan fingerprint density at radius 3 is 2.63 bits per heavy atom. The van der Waals surface area contributed by atoms with Gasteiger partial charge in [-0.15, -0.1) is 11.3 Å². The maximum atomic E-state index is 12.5. The normalized spacial score (nSPS) is 15.5. The number of amides is 1. The van der Waals surface area contributed by atoms with Gasteiger partial charge in [0.15, 0.2) is 0 Å². The van der Waals surface area contributed by atoms with E-state index < -0.39 is 0 Å². The quantitative estimate of drug-likeness (QED) is 0.640. The average Bonchev–Trinajstić information content (AvgIpc) is 3.39. The third kappa shape index (κ3) is 4.53. The standard InChI is InChI=1S/C21H22N4OS/c26-21(24-12-10-23(11-13-24)17-20-7-4-14-27-20)9-8-18-15-22-25(16-18)19-5-2-1-3-6-19/h1-9,14-16H,10-13,17H2/b9-8+. The van der Waals surface area contributed by atoms with E-state index in [1.807, 2.05) is 52.2 Å². The molecule has 1 fully saturated rings. The smallest absolute Gasteiger partial charge is 0.246 e. The Morgan fingerprint density at radius 1 is 1.07 bits per heavy atom. The van der Waals surface area contributed by atoms with Gasteiger partial charge in [0, 0.05) is 55.4 Å². The van der Waals surface area contributed by atoms with Gasteiger partial charge in [-0.1, -0.05) is 24.3 Å². The fraction of sp³-hybridized carbons (Fsp3) is 0.238. The molecule has 1 aromatic carbocycles. The molecule has 5 nitrogen and oxygen atoms in total. The maximum absolute atomic E-state index is 12.5. The Labute approximate surface area is 163 Å². The fourth-order valence-electron chi connectivity index (χ4n) is 3.17. The van der Waals surface area contributed by atoms with Gasteiger partial charge in [-0.25, -0.2) is 4.68 Å². The van der Waals surface area contributed by atoms with Gasteiger partial charge in [0.05, 0.1) is 11.9 Å².